The molecule has 1 aliphatic heterocycles. The Balaban J connectivity index is 0.000000233. The zero-order valence-electron chi connectivity index (χ0n) is 19.7. The Hall–Kier alpha value is -3.24. The highest BCUT2D eigenvalue weighted by molar-refractivity contribution is 7.97. The van der Waals surface area contributed by atoms with E-state index in [9.17, 15) is 13.0 Å². The van der Waals surface area contributed by atoms with Gasteiger partial charge in [-0.05, 0) is 43.3 Å². The van der Waals surface area contributed by atoms with Crippen LogP contribution < -0.4 is 4.74 Å². The molecule has 0 spiro atoms. The van der Waals surface area contributed by atoms with Gasteiger partial charge in [0.25, 0.3) is 10.1 Å². The molecule has 0 N–H and O–H groups in total. The van der Waals surface area contributed by atoms with Gasteiger partial charge in [-0.1, -0.05) is 42.0 Å². The average molecular weight is 523 g/mol. The molecule has 0 bridgehead atoms. The lowest BCUT2D eigenvalue weighted by Crippen LogP contribution is -2.18. The van der Waals surface area contributed by atoms with Crippen molar-refractivity contribution in [1.82, 2.24) is 9.97 Å². The maximum absolute atomic E-state index is 10.4. The third-order valence-corrected chi connectivity index (χ3v) is 8.20. The Kier molecular flexibility index (Phi) is 8.71. The molecular formula is C27H26N2O5S2. The molecule has 1 saturated heterocycles. The summed E-state index contributed by atoms with van der Waals surface area (Å²) < 4.78 is 42.9. The molecule has 3 heterocycles. The van der Waals surface area contributed by atoms with Gasteiger partial charge in [0.05, 0.1) is 18.1 Å². The van der Waals surface area contributed by atoms with Crippen molar-refractivity contribution in [2.24, 2.45) is 0 Å². The smallest absolute Gasteiger partial charge is 0.259 e. The van der Waals surface area contributed by atoms with E-state index in [4.69, 9.17) is 9.47 Å². The Labute approximate surface area is 214 Å². The average Bonchev–Trinajstić information content (AvgIpc) is 3.40. The van der Waals surface area contributed by atoms with E-state index in [1.165, 1.54) is 12.1 Å². The third kappa shape index (κ3) is 6.92. The summed E-state index contributed by atoms with van der Waals surface area (Å²) in [4.78, 5) is 10.1. The second-order valence-electron chi connectivity index (χ2n) is 7.96. The number of nitrogens with zero attached hydrogens (tertiary/aromatic N) is 2. The molecule has 186 valence electrons. The maximum atomic E-state index is 10.4. The first kappa shape index (κ1) is 25.8. The fraction of sp³-hybridized carbons (Fsp3) is 0.185. The van der Waals surface area contributed by atoms with Crippen LogP contribution >= 0.6 is 0 Å². The lowest BCUT2D eigenvalue weighted by Gasteiger charge is -2.14. The standard InChI is InChI=1S/C20H19N2O2S.C7H8O3S/c1-2-8-18(17(7-1)24-16-11-14-23-15-16)25(19-9-3-5-12-21-19)20-10-4-6-13-22-20;1-6-2-4-7(5-3-6)11(8,9)10/h1-10,12-13,16H,11,14-15H2;2-5H,1H3,(H,8,9,10)/q+1;/p-1. The van der Waals surface area contributed by atoms with Gasteiger partial charge < -0.3 is 14.0 Å². The first-order valence-electron chi connectivity index (χ1n) is 11.3. The van der Waals surface area contributed by atoms with Crippen molar-refractivity contribution in [2.75, 3.05) is 13.2 Å². The Morgan fingerprint density at radius 2 is 1.50 bits per heavy atom. The zero-order chi connectivity index (χ0) is 25.4. The number of benzene rings is 2. The van der Waals surface area contributed by atoms with Crippen molar-refractivity contribution in [3.63, 3.8) is 0 Å². The van der Waals surface area contributed by atoms with Crippen LogP contribution in [0.5, 0.6) is 5.75 Å². The molecule has 1 atom stereocenters. The molecule has 5 rings (SSSR count). The van der Waals surface area contributed by atoms with Gasteiger partial charge in [-0.3, -0.25) is 0 Å². The summed E-state index contributed by atoms with van der Waals surface area (Å²) in [6, 6.07) is 26.0. The van der Waals surface area contributed by atoms with Crippen LogP contribution in [0, 0.1) is 6.92 Å². The zero-order valence-corrected chi connectivity index (χ0v) is 21.3. The van der Waals surface area contributed by atoms with Gasteiger partial charge in [0, 0.05) is 30.9 Å². The van der Waals surface area contributed by atoms with Gasteiger partial charge >= 0.3 is 0 Å². The summed E-state index contributed by atoms with van der Waals surface area (Å²) in [5.41, 5.74) is 0.928. The van der Waals surface area contributed by atoms with Gasteiger partial charge in [0.15, 0.2) is 5.75 Å². The van der Waals surface area contributed by atoms with Gasteiger partial charge in [-0.2, -0.15) is 0 Å². The van der Waals surface area contributed by atoms with Gasteiger partial charge in [0.1, 0.15) is 27.1 Å². The highest BCUT2D eigenvalue weighted by Gasteiger charge is 2.35. The topological polar surface area (TPSA) is 101 Å². The number of hydrogen-bond acceptors (Lipinski definition) is 7. The second-order valence-corrected chi connectivity index (χ2v) is 11.2. The molecule has 1 aliphatic rings. The normalized spacial score (nSPS) is 15.2. The van der Waals surface area contributed by atoms with E-state index in [1.807, 2.05) is 73.9 Å². The summed E-state index contributed by atoms with van der Waals surface area (Å²) >= 11 is 0. The fourth-order valence-electron chi connectivity index (χ4n) is 3.47. The van der Waals surface area contributed by atoms with E-state index in [0.717, 1.165) is 39.3 Å². The van der Waals surface area contributed by atoms with Crippen molar-refractivity contribution >= 4 is 21.0 Å². The molecule has 0 radical (unpaired) electrons. The van der Waals surface area contributed by atoms with Crippen LogP contribution in [0.1, 0.15) is 12.0 Å². The highest BCUT2D eigenvalue weighted by atomic mass is 32.2. The first-order valence-corrected chi connectivity index (χ1v) is 14.0. The minimum absolute atomic E-state index is 0.110. The van der Waals surface area contributed by atoms with E-state index < -0.39 is 21.0 Å². The van der Waals surface area contributed by atoms with Crippen molar-refractivity contribution < 1.29 is 22.4 Å². The lowest BCUT2D eigenvalue weighted by atomic mass is 10.2. The predicted octanol–water partition coefficient (Wildman–Crippen LogP) is 4.64. The minimum atomic E-state index is -4.27. The number of rotatable bonds is 6. The number of pyridine rings is 2. The minimum Gasteiger partial charge on any atom is -0.744 e. The van der Waals surface area contributed by atoms with Gasteiger partial charge in [0.2, 0.25) is 4.90 Å². The summed E-state index contributed by atoms with van der Waals surface area (Å²) in [6.07, 6.45) is 4.69. The molecule has 9 heteroatoms. The van der Waals surface area contributed by atoms with Crippen LogP contribution in [0.25, 0.3) is 0 Å². The number of aromatic nitrogens is 2. The molecule has 7 nitrogen and oxygen atoms in total. The third-order valence-electron chi connectivity index (χ3n) is 5.25. The van der Waals surface area contributed by atoms with E-state index in [2.05, 4.69) is 16.0 Å². The van der Waals surface area contributed by atoms with E-state index in [-0.39, 0.29) is 11.0 Å². The summed E-state index contributed by atoms with van der Waals surface area (Å²) in [5.74, 6) is 0.887. The Morgan fingerprint density at radius 1 is 0.889 bits per heavy atom. The van der Waals surface area contributed by atoms with Crippen molar-refractivity contribution in [1.29, 1.82) is 0 Å². The molecule has 0 amide bonds. The van der Waals surface area contributed by atoms with Crippen molar-refractivity contribution in [2.45, 2.75) is 39.3 Å². The molecule has 2 aromatic carbocycles. The van der Waals surface area contributed by atoms with Gasteiger partial charge in [-0.25, -0.2) is 18.4 Å². The Bertz CT molecular complexity index is 1310. The largest absolute Gasteiger partial charge is 0.744 e. The first-order chi connectivity index (χ1) is 17.4. The van der Waals surface area contributed by atoms with Crippen molar-refractivity contribution in [3.05, 3.63) is 103 Å². The molecule has 0 aliphatic carbocycles. The maximum Gasteiger partial charge on any atom is 0.259 e. The summed E-state index contributed by atoms with van der Waals surface area (Å²) in [6.45, 7) is 3.23. The molecule has 2 aromatic heterocycles. The van der Waals surface area contributed by atoms with E-state index in [0.29, 0.717) is 6.61 Å². The summed E-state index contributed by atoms with van der Waals surface area (Å²) in [7, 11) is -4.68. The van der Waals surface area contributed by atoms with Crippen LogP contribution in [0.15, 0.2) is 117 Å². The highest BCUT2D eigenvalue weighted by Crippen LogP contribution is 2.35. The monoisotopic (exact) mass is 522 g/mol. The quantitative estimate of drug-likeness (QED) is 0.269. The van der Waals surface area contributed by atoms with Crippen LogP contribution in [-0.2, 0) is 25.7 Å². The summed E-state index contributed by atoms with van der Waals surface area (Å²) in [5, 5.41) is 1.97. The van der Waals surface area contributed by atoms with Crippen LogP contribution in [0.4, 0.5) is 0 Å². The van der Waals surface area contributed by atoms with Crippen LogP contribution in [-0.4, -0.2) is 42.3 Å². The van der Waals surface area contributed by atoms with Gasteiger partial charge in [-0.15, -0.1) is 0 Å². The number of ether oxygens (including phenoxy) is 2. The second kappa shape index (κ2) is 12.1. The molecule has 36 heavy (non-hydrogen) atoms. The number of hydrogen-bond donors (Lipinski definition) is 0. The van der Waals surface area contributed by atoms with E-state index in [1.54, 1.807) is 12.1 Å². The molecule has 0 saturated carbocycles. The molecule has 1 unspecified atom stereocenters. The molecular weight excluding hydrogens is 496 g/mol. The van der Waals surface area contributed by atoms with Crippen molar-refractivity contribution in [3.8, 4) is 5.75 Å². The van der Waals surface area contributed by atoms with Crippen LogP contribution in [0.2, 0.25) is 0 Å². The van der Waals surface area contributed by atoms with E-state index >= 15 is 0 Å². The SMILES string of the molecule is Cc1ccc(S(=O)(=O)[O-])cc1.c1ccc([S+](c2ccccn2)c2ccccc2OC2CCOC2)nc1. The predicted molar refractivity (Wildman–Crippen MR) is 136 cm³/mol. The fourth-order valence-corrected chi connectivity index (χ4v) is 5.90. The Morgan fingerprint density at radius 3 is 2.03 bits per heavy atom. The number of aryl methyl sites for hydroxylation is 1. The lowest BCUT2D eigenvalue weighted by molar-refractivity contribution is 0.139. The molecule has 1 fully saturated rings. The molecule has 4 aromatic rings. The number of para-hydroxylation sites is 1. The van der Waals surface area contributed by atoms with Crippen LogP contribution in [0.3, 0.4) is 0 Å².